The van der Waals surface area contributed by atoms with Crippen LogP contribution in [-0.4, -0.2) is 54.5 Å². The number of hydrogen-bond acceptors (Lipinski definition) is 6. The summed E-state index contributed by atoms with van der Waals surface area (Å²) in [6, 6.07) is 0. The van der Waals surface area contributed by atoms with Crippen LogP contribution in [0, 0.1) is 0 Å². The van der Waals surface area contributed by atoms with E-state index < -0.39 is 6.10 Å². The quantitative estimate of drug-likeness (QED) is 0.661. The van der Waals surface area contributed by atoms with Gasteiger partial charge in [-0.25, -0.2) is 9.97 Å². The van der Waals surface area contributed by atoms with E-state index in [-0.39, 0.29) is 0 Å². The van der Waals surface area contributed by atoms with Gasteiger partial charge in [-0.2, -0.15) is 0 Å². The molecule has 1 aromatic rings. The van der Waals surface area contributed by atoms with Gasteiger partial charge in [0, 0.05) is 32.2 Å². The largest absolute Gasteiger partial charge is 0.389 e. The summed E-state index contributed by atoms with van der Waals surface area (Å²) in [7, 11) is 1.58. The molecule has 0 fully saturated rings. The first-order valence-corrected chi connectivity index (χ1v) is 6.25. The van der Waals surface area contributed by atoms with Gasteiger partial charge >= 0.3 is 0 Å². The number of rotatable bonds is 5. The average Bonchev–Trinajstić information content (AvgIpc) is 2.62. The van der Waals surface area contributed by atoms with Crippen molar-refractivity contribution in [3.05, 3.63) is 17.6 Å². The predicted molar refractivity (Wildman–Crippen MR) is 68.7 cm³/mol. The number of aliphatic hydroxyl groups is 1. The molecule has 100 valence electrons. The minimum Gasteiger partial charge on any atom is -0.389 e. The lowest BCUT2D eigenvalue weighted by molar-refractivity contribution is 0.0727. The fraction of sp³-hybridized carbons (Fsp3) is 0.667. The molecule has 18 heavy (non-hydrogen) atoms. The van der Waals surface area contributed by atoms with E-state index in [1.807, 2.05) is 0 Å². The van der Waals surface area contributed by atoms with E-state index in [0.29, 0.717) is 13.2 Å². The van der Waals surface area contributed by atoms with E-state index in [1.54, 1.807) is 13.4 Å². The number of nitrogens with one attached hydrogen (secondary N) is 2. The summed E-state index contributed by atoms with van der Waals surface area (Å²) < 4.78 is 4.89. The second-order valence-electron chi connectivity index (χ2n) is 4.39. The van der Waals surface area contributed by atoms with Gasteiger partial charge in [-0.3, -0.25) is 0 Å². The molecule has 0 saturated carbocycles. The van der Waals surface area contributed by atoms with Crippen LogP contribution in [0.4, 0.5) is 5.82 Å². The monoisotopic (exact) mass is 252 g/mol. The summed E-state index contributed by atoms with van der Waals surface area (Å²) in [6.07, 6.45) is 2.89. The van der Waals surface area contributed by atoms with Gasteiger partial charge in [0.2, 0.25) is 0 Å². The summed E-state index contributed by atoms with van der Waals surface area (Å²) in [5.41, 5.74) is 2.26. The number of aromatic nitrogens is 2. The third kappa shape index (κ3) is 3.38. The molecular formula is C12H20N4O2. The normalized spacial score (nSPS) is 16.8. The highest BCUT2D eigenvalue weighted by molar-refractivity contribution is 5.46. The van der Waals surface area contributed by atoms with Gasteiger partial charge in [0.15, 0.2) is 0 Å². The lowest BCUT2D eigenvalue weighted by atomic mass is 10.1. The van der Waals surface area contributed by atoms with Crippen LogP contribution < -0.4 is 10.6 Å². The maximum Gasteiger partial charge on any atom is 0.132 e. The Kier molecular flexibility index (Phi) is 4.86. The number of anilines is 1. The maximum atomic E-state index is 9.63. The molecule has 1 aliphatic rings. The number of fused-ring (bicyclic) bond motifs is 1. The molecule has 3 N–H and O–H groups in total. The molecule has 6 nitrogen and oxygen atoms in total. The zero-order valence-corrected chi connectivity index (χ0v) is 10.6. The van der Waals surface area contributed by atoms with Crippen molar-refractivity contribution in [2.75, 3.05) is 38.7 Å². The van der Waals surface area contributed by atoms with Gasteiger partial charge in [0.1, 0.15) is 12.1 Å². The molecular weight excluding hydrogens is 232 g/mol. The lowest BCUT2D eigenvalue weighted by Crippen LogP contribution is -2.25. The first kappa shape index (κ1) is 13.2. The highest BCUT2D eigenvalue weighted by Gasteiger charge is 2.14. The van der Waals surface area contributed by atoms with Gasteiger partial charge in [-0.15, -0.1) is 0 Å². The van der Waals surface area contributed by atoms with Gasteiger partial charge in [0.05, 0.1) is 18.4 Å². The molecule has 2 heterocycles. The van der Waals surface area contributed by atoms with Crippen molar-refractivity contribution >= 4 is 5.82 Å². The standard InChI is InChI=1S/C12H20N4O2/c1-18-7-9(17)6-14-12-10-2-4-13-5-3-11(10)15-8-16-12/h8-9,13,17H,2-7H2,1H3,(H,14,15,16). The van der Waals surface area contributed by atoms with Gasteiger partial charge in [-0.05, 0) is 13.0 Å². The van der Waals surface area contributed by atoms with E-state index in [4.69, 9.17) is 4.74 Å². The fourth-order valence-corrected chi connectivity index (χ4v) is 2.09. The second-order valence-corrected chi connectivity index (χ2v) is 4.39. The summed E-state index contributed by atoms with van der Waals surface area (Å²) in [4.78, 5) is 8.59. The van der Waals surface area contributed by atoms with Crippen molar-refractivity contribution in [2.45, 2.75) is 18.9 Å². The van der Waals surface area contributed by atoms with Crippen molar-refractivity contribution in [3.63, 3.8) is 0 Å². The Balaban J connectivity index is 2.04. The number of aliphatic hydroxyl groups excluding tert-OH is 1. The van der Waals surface area contributed by atoms with Crippen LogP contribution in [0.1, 0.15) is 11.3 Å². The summed E-state index contributed by atoms with van der Waals surface area (Å²) in [6.45, 7) is 2.65. The zero-order valence-electron chi connectivity index (χ0n) is 10.6. The van der Waals surface area contributed by atoms with Crippen molar-refractivity contribution in [2.24, 2.45) is 0 Å². The first-order valence-electron chi connectivity index (χ1n) is 6.25. The topological polar surface area (TPSA) is 79.3 Å². The third-order valence-electron chi connectivity index (χ3n) is 2.99. The molecule has 0 aliphatic carbocycles. The van der Waals surface area contributed by atoms with Crippen LogP contribution >= 0.6 is 0 Å². The molecule has 0 amide bonds. The van der Waals surface area contributed by atoms with E-state index in [0.717, 1.165) is 43.0 Å². The number of hydrogen-bond donors (Lipinski definition) is 3. The van der Waals surface area contributed by atoms with Gasteiger partial charge in [-0.1, -0.05) is 0 Å². The molecule has 0 spiro atoms. The van der Waals surface area contributed by atoms with Crippen LogP contribution in [0.2, 0.25) is 0 Å². The van der Waals surface area contributed by atoms with Crippen LogP contribution in [0.25, 0.3) is 0 Å². The Bertz CT molecular complexity index is 386. The van der Waals surface area contributed by atoms with Crippen molar-refractivity contribution in [1.82, 2.24) is 15.3 Å². The molecule has 0 radical (unpaired) electrons. The van der Waals surface area contributed by atoms with E-state index >= 15 is 0 Å². The molecule has 0 saturated heterocycles. The fourth-order valence-electron chi connectivity index (χ4n) is 2.09. The Morgan fingerprint density at radius 3 is 3.11 bits per heavy atom. The van der Waals surface area contributed by atoms with E-state index in [2.05, 4.69) is 20.6 Å². The highest BCUT2D eigenvalue weighted by atomic mass is 16.5. The van der Waals surface area contributed by atoms with Crippen molar-refractivity contribution < 1.29 is 9.84 Å². The second kappa shape index (κ2) is 6.63. The summed E-state index contributed by atoms with van der Waals surface area (Å²) in [5, 5.41) is 16.1. The molecule has 1 aliphatic heterocycles. The van der Waals surface area contributed by atoms with Crippen molar-refractivity contribution in [3.8, 4) is 0 Å². The highest BCUT2D eigenvalue weighted by Crippen LogP contribution is 2.17. The zero-order chi connectivity index (χ0) is 12.8. The first-order chi connectivity index (χ1) is 8.81. The van der Waals surface area contributed by atoms with Gasteiger partial charge in [0.25, 0.3) is 0 Å². The number of methoxy groups -OCH3 is 1. The SMILES string of the molecule is COCC(O)CNc1ncnc2c1CCNCC2. The molecule has 0 bridgehead atoms. The molecule has 2 rings (SSSR count). The minimum absolute atomic E-state index is 0.321. The van der Waals surface area contributed by atoms with E-state index in [1.165, 1.54) is 0 Å². The van der Waals surface area contributed by atoms with Crippen LogP contribution in [0.15, 0.2) is 6.33 Å². The molecule has 1 unspecified atom stereocenters. The molecule has 1 atom stereocenters. The number of ether oxygens (including phenoxy) is 1. The van der Waals surface area contributed by atoms with Crippen LogP contribution in [0.5, 0.6) is 0 Å². The smallest absolute Gasteiger partial charge is 0.132 e. The molecule has 6 heteroatoms. The average molecular weight is 252 g/mol. The van der Waals surface area contributed by atoms with Crippen LogP contribution in [0.3, 0.4) is 0 Å². The van der Waals surface area contributed by atoms with Crippen molar-refractivity contribution in [1.29, 1.82) is 0 Å². The summed E-state index contributed by atoms with van der Waals surface area (Å²) >= 11 is 0. The summed E-state index contributed by atoms with van der Waals surface area (Å²) in [5.74, 6) is 0.832. The van der Waals surface area contributed by atoms with Crippen LogP contribution in [-0.2, 0) is 17.6 Å². The number of nitrogens with zero attached hydrogens (tertiary/aromatic N) is 2. The Morgan fingerprint density at radius 1 is 1.44 bits per heavy atom. The van der Waals surface area contributed by atoms with Gasteiger partial charge < -0.3 is 20.5 Å². The van der Waals surface area contributed by atoms with E-state index in [9.17, 15) is 5.11 Å². The Labute approximate surface area is 107 Å². The Morgan fingerprint density at radius 2 is 2.28 bits per heavy atom. The lowest BCUT2D eigenvalue weighted by Gasteiger charge is -2.14. The maximum absolute atomic E-state index is 9.63. The Hall–Kier alpha value is -1.24. The third-order valence-corrected chi connectivity index (χ3v) is 2.99. The minimum atomic E-state index is -0.524. The molecule has 1 aromatic heterocycles. The molecule has 0 aromatic carbocycles. The predicted octanol–water partition coefficient (Wildman–Crippen LogP) is -0.416.